The molecule has 21 heavy (non-hydrogen) atoms. The molecule has 0 saturated carbocycles. The first kappa shape index (κ1) is 15.8. The van der Waals surface area contributed by atoms with Gasteiger partial charge in [-0.25, -0.2) is 24.4 Å². The number of nitrogens with one attached hydrogen (secondary N) is 2. The van der Waals surface area contributed by atoms with E-state index in [2.05, 4.69) is 10.2 Å². The first-order chi connectivity index (χ1) is 9.86. The van der Waals surface area contributed by atoms with Gasteiger partial charge in [-0.3, -0.25) is 0 Å². The smallest absolute Gasteiger partial charge is 0.303 e. The maximum atomic E-state index is 12.1. The Labute approximate surface area is 122 Å². The second kappa shape index (κ2) is 6.43. The molecule has 2 rings (SSSR count). The zero-order chi connectivity index (χ0) is 15.3. The Bertz CT molecular complexity index is 622. The van der Waals surface area contributed by atoms with Gasteiger partial charge in [-0.05, 0) is 24.3 Å². The number of rotatable bonds is 6. The number of nitrogens with two attached hydrogens (primary N) is 2. The predicted octanol–water partition coefficient (Wildman–Crippen LogP) is 3.36. The summed E-state index contributed by atoms with van der Waals surface area (Å²) < 4.78 is 29.2. The number of para-hydroxylation sites is 2. The molecule has 0 bridgehead atoms. The van der Waals surface area contributed by atoms with E-state index in [-0.39, 0.29) is 0 Å². The Morgan fingerprint density at radius 2 is 1.05 bits per heavy atom. The summed E-state index contributed by atoms with van der Waals surface area (Å²) >= 11 is 0. The summed E-state index contributed by atoms with van der Waals surface area (Å²) in [5.41, 5.74) is 12.0. The maximum Gasteiger partial charge on any atom is 0.371 e. The van der Waals surface area contributed by atoms with Crippen LogP contribution >= 0.6 is 15.3 Å². The fourth-order valence-electron chi connectivity index (χ4n) is 1.61. The van der Waals surface area contributed by atoms with E-state index in [0.29, 0.717) is 11.4 Å². The third-order valence-electron chi connectivity index (χ3n) is 2.36. The monoisotopic (exact) mass is 326 g/mol. The van der Waals surface area contributed by atoms with Crippen LogP contribution in [0.4, 0.5) is 11.4 Å². The van der Waals surface area contributed by atoms with Gasteiger partial charge >= 0.3 is 15.3 Å². The SMILES string of the molecule is NP(=O)(Nc1ccccc1)OP(N)(=O)Nc1ccccc1. The van der Waals surface area contributed by atoms with Crippen molar-refractivity contribution < 1.29 is 13.4 Å². The fourth-order valence-corrected chi connectivity index (χ4v) is 4.39. The highest BCUT2D eigenvalue weighted by Gasteiger charge is 2.29. The molecule has 0 aliphatic carbocycles. The second-order valence-electron chi connectivity index (χ2n) is 4.23. The van der Waals surface area contributed by atoms with Gasteiger partial charge in [-0.1, -0.05) is 36.4 Å². The minimum atomic E-state index is -3.87. The van der Waals surface area contributed by atoms with Crippen LogP contribution in [0.15, 0.2) is 60.7 Å². The Kier molecular flexibility index (Phi) is 4.83. The van der Waals surface area contributed by atoms with E-state index in [9.17, 15) is 9.13 Å². The van der Waals surface area contributed by atoms with E-state index < -0.39 is 15.3 Å². The van der Waals surface area contributed by atoms with Crippen molar-refractivity contribution in [3.05, 3.63) is 60.7 Å². The molecular formula is C12H16N4O3P2. The van der Waals surface area contributed by atoms with Gasteiger partial charge in [-0.15, -0.1) is 0 Å². The minimum absolute atomic E-state index is 0.475. The van der Waals surface area contributed by atoms with E-state index in [1.807, 2.05) is 0 Å². The largest absolute Gasteiger partial charge is 0.371 e. The van der Waals surface area contributed by atoms with Crippen LogP contribution in [0.3, 0.4) is 0 Å². The van der Waals surface area contributed by atoms with Crippen molar-refractivity contribution in [3.63, 3.8) is 0 Å². The van der Waals surface area contributed by atoms with E-state index in [1.54, 1.807) is 60.7 Å². The molecule has 0 heterocycles. The van der Waals surface area contributed by atoms with Crippen molar-refractivity contribution in [2.75, 3.05) is 10.2 Å². The maximum absolute atomic E-state index is 12.1. The third kappa shape index (κ3) is 5.34. The van der Waals surface area contributed by atoms with E-state index in [0.717, 1.165) is 0 Å². The molecule has 0 aliphatic heterocycles. The van der Waals surface area contributed by atoms with Crippen LogP contribution in [-0.4, -0.2) is 0 Å². The molecule has 2 aromatic rings. The first-order valence-corrected chi connectivity index (χ1v) is 9.40. The summed E-state index contributed by atoms with van der Waals surface area (Å²) in [6.45, 7) is 0. The first-order valence-electron chi connectivity index (χ1n) is 6.02. The van der Waals surface area contributed by atoms with Gasteiger partial charge in [0.2, 0.25) is 0 Å². The zero-order valence-corrected chi connectivity index (χ0v) is 12.8. The highest BCUT2D eigenvalue weighted by molar-refractivity contribution is 7.71. The Morgan fingerprint density at radius 3 is 1.38 bits per heavy atom. The van der Waals surface area contributed by atoms with Crippen LogP contribution in [0.5, 0.6) is 0 Å². The van der Waals surface area contributed by atoms with Crippen LogP contribution in [0, 0.1) is 0 Å². The van der Waals surface area contributed by atoms with Gasteiger partial charge in [0.05, 0.1) is 0 Å². The van der Waals surface area contributed by atoms with Crippen LogP contribution in [-0.2, 0) is 13.4 Å². The molecule has 7 nitrogen and oxygen atoms in total. The van der Waals surface area contributed by atoms with Crippen molar-refractivity contribution >= 4 is 26.7 Å². The number of hydrogen-bond acceptors (Lipinski definition) is 3. The molecular weight excluding hydrogens is 310 g/mol. The lowest BCUT2D eigenvalue weighted by Gasteiger charge is -2.21. The van der Waals surface area contributed by atoms with Gasteiger partial charge in [0.25, 0.3) is 0 Å². The third-order valence-corrected chi connectivity index (χ3v) is 5.44. The Hall–Kier alpha value is -1.62. The average Bonchev–Trinajstić information content (AvgIpc) is 2.38. The summed E-state index contributed by atoms with van der Waals surface area (Å²) in [7, 11) is -7.75. The molecule has 6 N–H and O–H groups in total. The molecule has 0 saturated heterocycles. The van der Waals surface area contributed by atoms with Crippen LogP contribution in [0.1, 0.15) is 0 Å². The highest BCUT2D eigenvalue weighted by atomic mass is 31.3. The molecule has 0 amide bonds. The van der Waals surface area contributed by atoms with E-state index in [1.165, 1.54) is 0 Å². The molecule has 112 valence electrons. The molecule has 9 heteroatoms. The fraction of sp³-hybridized carbons (Fsp3) is 0. The molecule has 0 fully saturated rings. The molecule has 2 aromatic carbocycles. The molecule has 0 radical (unpaired) electrons. The second-order valence-corrected chi connectivity index (χ2v) is 7.72. The van der Waals surface area contributed by atoms with Gasteiger partial charge in [-0.2, -0.15) is 0 Å². The molecule has 0 aromatic heterocycles. The highest BCUT2D eigenvalue weighted by Crippen LogP contribution is 2.54. The summed E-state index contributed by atoms with van der Waals surface area (Å²) in [6.07, 6.45) is 0. The molecule has 0 spiro atoms. The quantitative estimate of drug-likeness (QED) is 0.601. The summed E-state index contributed by atoms with van der Waals surface area (Å²) in [4.78, 5) is 0. The lowest BCUT2D eigenvalue weighted by atomic mass is 10.3. The van der Waals surface area contributed by atoms with Crippen molar-refractivity contribution in [2.45, 2.75) is 0 Å². The van der Waals surface area contributed by atoms with Crippen molar-refractivity contribution in [2.24, 2.45) is 11.0 Å². The average molecular weight is 326 g/mol. The predicted molar refractivity (Wildman–Crippen MR) is 84.8 cm³/mol. The van der Waals surface area contributed by atoms with Crippen molar-refractivity contribution in [1.29, 1.82) is 0 Å². The number of anilines is 2. The normalized spacial score (nSPS) is 16.5. The minimum Gasteiger partial charge on any atom is -0.303 e. The van der Waals surface area contributed by atoms with Gasteiger partial charge in [0, 0.05) is 11.4 Å². The number of benzene rings is 2. The molecule has 2 unspecified atom stereocenters. The summed E-state index contributed by atoms with van der Waals surface area (Å²) in [6, 6.07) is 17.1. The lowest BCUT2D eigenvalue weighted by Crippen LogP contribution is -2.14. The van der Waals surface area contributed by atoms with E-state index >= 15 is 0 Å². The van der Waals surface area contributed by atoms with Gasteiger partial charge < -0.3 is 10.2 Å². The summed E-state index contributed by atoms with van der Waals surface area (Å²) in [5, 5.41) is 4.96. The lowest BCUT2D eigenvalue weighted by molar-refractivity contribution is 0.465. The Morgan fingerprint density at radius 1 is 0.714 bits per heavy atom. The van der Waals surface area contributed by atoms with Crippen LogP contribution in [0.2, 0.25) is 0 Å². The molecule has 2 atom stereocenters. The summed E-state index contributed by atoms with van der Waals surface area (Å²) in [5.74, 6) is 0. The topological polar surface area (TPSA) is 119 Å². The van der Waals surface area contributed by atoms with Gasteiger partial charge in [0.1, 0.15) is 0 Å². The van der Waals surface area contributed by atoms with Crippen molar-refractivity contribution in [3.8, 4) is 0 Å². The van der Waals surface area contributed by atoms with Crippen LogP contribution < -0.4 is 21.2 Å². The Balaban J connectivity index is 2.04. The zero-order valence-electron chi connectivity index (χ0n) is 11.0. The van der Waals surface area contributed by atoms with Crippen molar-refractivity contribution in [1.82, 2.24) is 0 Å². The molecule has 0 aliphatic rings. The van der Waals surface area contributed by atoms with Crippen LogP contribution in [0.25, 0.3) is 0 Å². The van der Waals surface area contributed by atoms with Gasteiger partial charge in [0.15, 0.2) is 0 Å². The number of hydrogen-bond donors (Lipinski definition) is 4. The standard InChI is InChI=1S/C12H16N4O3P2/c13-20(17,15-11-7-3-1-4-8-11)19-21(14,18)16-12-9-5-2-6-10-12/h1-10H,(H3,13,15,17)(H3,14,16,18). The van der Waals surface area contributed by atoms with E-state index in [4.69, 9.17) is 15.3 Å².